The molecule has 2 N–H and O–H groups in total. The number of benzene rings is 3. The number of hydrogen-bond acceptors (Lipinski definition) is 5. The molecule has 0 atom stereocenters. The highest BCUT2D eigenvalue weighted by atomic mass is 16.5. The molecule has 0 fully saturated rings. The van der Waals surface area contributed by atoms with Gasteiger partial charge in [0.1, 0.15) is 11.5 Å². The summed E-state index contributed by atoms with van der Waals surface area (Å²) in [6.45, 7) is 6.34. The maximum absolute atomic E-state index is 12.6. The van der Waals surface area contributed by atoms with E-state index in [0.717, 1.165) is 59.4 Å². The molecule has 0 bridgehead atoms. The topological polar surface area (TPSA) is 84.9 Å². The summed E-state index contributed by atoms with van der Waals surface area (Å²) in [5.41, 5.74) is 4.65. The average molecular weight is 518 g/mol. The summed E-state index contributed by atoms with van der Waals surface area (Å²) in [4.78, 5) is 23.6. The molecule has 3 aromatic rings. The number of aryl methyl sites for hydroxylation is 1. The first-order valence-electron chi connectivity index (χ1n) is 13.5. The summed E-state index contributed by atoms with van der Waals surface area (Å²) in [7, 11) is 0. The molecule has 0 saturated heterocycles. The molecule has 0 unspecified atom stereocenters. The summed E-state index contributed by atoms with van der Waals surface area (Å²) in [5, 5.41) is 12.3. The number of carbonyl (C=O) groups is 2. The molecule has 3 aromatic carbocycles. The highest BCUT2D eigenvalue weighted by Gasteiger charge is 2.11. The minimum atomic E-state index is -0.811. The van der Waals surface area contributed by atoms with Gasteiger partial charge in [-0.3, -0.25) is 9.59 Å². The summed E-state index contributed by atoms with van der Waals surface area (Å²) in [5.74, 6) is 0.774. The Morgan fingerprint density at radius 3 is 2.29 bits per heavy atom. The van der Waals surface area contributed by atoms with Crippen molar-refractivity contribution in [2.75, 3.05) is 19.8 Å². The predicted octanol–water partition coefficient (Wildman–Crippen LogP) is 6.70. The van der Waals surface area contributed by atoms with Crippen molar-refractivity contribution in [3.8, 4) is 22.6 Å². The van der Waals surface area contributed by atoms with E-state index < -0.39 is 5.97 Å². The second-order valence-electron chi connectivity index (χ2n) is 9.38. The van der Waals surface area contributed by atoms with Crippen LogP contribution in [0, 0.1) is 0 Å². The van der Waals surface area contributed by atoms with Crippen LogP contribution in [0.2, 0.25) is 0 Å². The quantitative estimate of drug-likeness (QED) is 0.153. The summed E-state index contributed by atoms with van der Waals surface area (Å²) in [6, 6.07) is 21.4. The normalized spacial score (nSPS) is 10.8. The van der Waals surface area contributed by atoms with Gasteiger partial charge in [-0.15, -0.1) is 0 Å². The SMILES string of the molecule is CCCCOc1ccc(C(=O)CNCc2cccc(-c3ccc(CCC(=O)O)cc3OCCCC)c2)cc1. The fourth-order valence-corrected chi connectivity index (χ4v) is 4.00. The Labute approximate surface area is 226 Å². The molecule has 0 heterocycles. The molecule has 6 nitrogen and oxygen atoms in total. The second-order valence-corrected chi connectivity index (χ2v) is 9.38. The Morgan fingerprint density at radius 2 is 1.58 bits per heavy atom. The minimum absolute atomic E-state index is 0.0322. The van der Waals surface area contributed by atoms with Crippen LogP contribution < -0.4 is 14.8 Å². The third kappa shape index (κ3) is 9.34. The number of carbonyl (C=O) groups excluding carboxylic acids is 1. The van der Waals surface area contributed by atoms with Crippen molar-refractivity contribution in [3.63, 3.8) is 0 Å². The van der Waals surface area contributed by atoms with Crippen LogP contribution in [0.25, 0.3) is 11.1 Å². The van der Waals surface area contributed by atoms with Crippen molar-refractivity contribution in [3.05, 3.63) is 83.4 Å². The van der Waals surface area contributed by atoms with E-state index >= 15 is 0 Å². The van der Waals surface area contributed by atoms with E-state index in [0.29, 0.717) is 31.7 Å². The number of Topliss-reactive ketones (excluding diaryl/α,β-unsaturated/α-hetero) is 1. The lowest BCUT2D eigenvalue weighted by molar-refractivity contribution is -0.136. The number of carboxylic acids is 1. The lowest BCUT2D eigenvalue weighted by Crippen LogP contribution is -2.22. The van der Waals surface area contributed by atoms with Crippen molar-refractivity contribution in [1.29, 1.82) is 0 Å². The third-order valence-electron chi connectivity index (χ3n) is 6.22. The van der Waals surface area contributed by atoms with Crippen LogP contribution in [0.1, 0.15) is 67.4 Å². The summed E-state index contributed by atoms with van der Waals surface area (Å²) < 4.78 is 11.8. The Bertz CT molecular complexity index is 1170. The minimum Gasteiger partial charge on any atom is -0.494 e. The van der Waals surface area contributed by atoms with Crippen molar-refractivity contribution < 1.29 is 24.2 Å². The van der Waals surface area contributed by atoms with Gasteiger partial charge in [0.05, 0.1) is 19.8 Å². The number of unbranched alkanes of at least 4 members (excludes halogenated alkanes) is 2. The van der Waals surface area contributed by atoms with Gasteiger partial charge in [0.25, 0.3) is 0 Å². The molecule has 3 rings (SSSR count). The molecular weight excluding hydrogens is 478 g/mol. The molecule has 6 heteroatoms. The first-order valence-corrected chi connectivity index (χ1v) is 13.5. The maximum Gasteiger partial charge on any atom is 0.303 e. The third-order valence-corrected chi connectivity index (χ3v) is 6.22. The Balaban J connectivity index is 1.62. The van der Waals surface area contributed by atoms with Crippen LogP contribution in [0.15, 0.2) is 66.7 Å². The van der Waals surface area contributed by atoms with Crippen LogP contribution in [0.3, 0.4) is 0 Å². The lowest BCUT2D eigenvalue weighted by atomic mass is 9.99. The highest BCUT2D eigenvalue weighted by molar-refractivity contribution is 5.97. The molecule has 0 aliphatic rings. The molecule has 38 heavy (non-hydrogen) atoms. The summed E-state index contributed by atoms with van der Waals surface area (Å²) in [6.07, 6.45) is 4.63. The molecule has 0 saturated carbocycles. The monoisotopic (exact) mass is 517 g/mol. The van der Waals surface area contributed by atoms with Gasteiger partial charge in [-0.1, -0.05) is 57.0 Å². The van der Waals surface area contributed by atoms with Gasteiger partial charge in [-0.05, 0) is 72.4 Å². The van der Waals surface area contributed by atoms with E-state index in [-0.39, 0.29) is 18.7 Å². The molecule has 0 radical (unpaired) electrons. The first kappa shape index (κ1) is 28.9. The van der Waals surface area contributed by atoms with E-state index in [1.54, 1.807) is 0 Å². The van der Waals surface area contributed by atoms with E-state index in [9.17, 15) is 9.59 Å². The Hall–Kier alpha value is -3.64. The number of rotatable bonds is 17. The van der Waals surface area contributed by atoms with Crippen molar-refractivity contribution in [2.45, 2.75) is 58.9 Å². The van der Waals surface area contributed by atoms with E-state index in [4.69, 9.17) is 14.6 Å². The largest absolute Gasteiger partial charge is 0.494 e. The highest BCUT2D eigenvalue weighted by Crippen LogP contribution is 2.32. The van der Waals surface area contributed by atoms with Crippen LogP contribution >= 0.6 is 0 Å². The van der Waals surface area contributed by atoms with Gasteiger partial charge in [-0.25, -0.2) is 0 Å². The van der Waals surface area contributed by atoms with Gasteiger partial charge in [0, 0.05) is 24.1 Å². The predicted molar refractivity (Wildman–Crippen MR) is 151 cm³/mol. The maximum atomic E-state index is 12.6. The van der Waals surface area contributed by atoms with E-state index in [2.05, 4.69) is 25.2 Å². The van der Waals surface area contributed by atoms with Crippen LogP contribution in [0.5, 0.6) is 11.5 Å². The van der Waals surface area contributed by atoms with Crippen LogP contribution in [0.4, 0.5) is 0 Å². The molecule has 0 aromatic heterocycles. The van der Waals surface area contributed by atoms with Crippen LogP contribution in [-0.2, 0) is 17.8 Å². The second kappa shape index (κ2) is 15.6. The lowest BCUT2D eigenvalue weighted by Gasteiger charge is -2.14. The number of ketones is 1. The van der Waals surface area contributed by atoms with Gasteiger partial charge < -0.3 is 19.9 Å². The van der Waals surface area contributed by atoms with Gasteiger partial charge in [0.2, 0.25) is 0 Å². The standard InChI is InChI=1S/C32H39NO5/c1-3-5-18-37-28-14-12-26(13-15-28)30(34)23-33-22-25-8-7-9-27(20-25)29-16-10-24(11-17-32(35)36)21-31(29)38-19-6-4-2/h7-10,12-16,20-21,33H,3-6,11,17-19,22-23H2,1-2H3,(H,35,36). The van der Waals surface area contributed by atoms with Crippen molar-refractivity contribution in [1.82, 2.24) is 5.32 Å². The molecule has 0 amide bonds. The molecule has 0 aliphatic heterocycles. The number of aliphatic carboxylic acids is 1. The number of nitrogens with one attached hydrogen (secondary N) is 1. The van der Waals surface area contributed by atoms with Crippen molar-refractivity contribution >= 4 is 11.8 Å². The Morgan fingerprint density at radius 1 is 0.842 bits per heavy atom. The van der Waals surface area contributed by atoms with Gasteiger partial charge in [-0.2, -0.15) is 0 Å². The summed E-state index contributed by atoms with van der Waals surface area (Å²) >= 11 is 0. The number of ether oxygens (including phenoxy) is 2. The van der Waals surface area contributed by atoms with Crippen LogP contribution in [-0.4, -0.2) is 36.6 Å². The number of hydrogen-bond donors (Lipinski definition) is 2. The molecular formula is C32H39NO5. The van der Waals surface area contributed by atoms with Gasteiger partial charge >= 0.3 is 5.97 Å². The first-order chi connectivity index (χ1) is 18.5. The zero-order valence-corrected chi connectivity index (χ0v) is 22.5. The fourth-order valence-electron chi connectivity index (χ4n) is 4.00. The van der Waals surface area contributed by atoms with E-state index in [1.807, 2.05) is 60.7 Å². The van der Waals surface area contributed by atoms with E-state index in [1.165, 1.54) is 0 Å². The molecule has 202 valence electrons. The smallest absolute Gasteiger partial charge is 0.303 e. The Kier molecular flexibility index (Phi) is 11.9. The number of carboxylic acid groups (broad SMARTS) is 1. The zero-order valence-electron chi connectivity index (χ0n) is 22.5. The van der Waals surface area contributed by atoms with Gasteiger partial charge in [0.15, 0.2) is 5.78 Å². The van der Waals surface area contributed by atoms with Crippen molar-refractivity contribution in [2.24, 2.45) is 0 Å². The molecule has 0 spiro atoms. The average Bonchev–Trinajstić information content (AvgIpc) is 2.93. The molecule has 0 aliphatic carbocycles. The zero-order chi connectivity index (χ0) is 27.2. The fraction of sp³-hybridized carbons (Fsp3) is 0.375.